The second kappa shape index (κ2) is 5.76. The van der Waals surface area contributed by atoms with Crippen molar-refractivity contribution in [3.63, 3.8) is 0 Å². The molecule has 0 saturated heterocycles. The standard InChI is InChI=1S/C19H14FN/c20-19-12-15(8-10-18(19)13-21)6-5-14-7-9-16-3-1-2-4-17(16)11-14/h1-4,7-12H,5-6H2. The van der Waals surface area contributed by atoms with Gasteiger partial charge in [0.05, 0.1) is 5.56 Å². The van der Waals surface area contributed by atoms with Gasteiger partial charge in [-0.2, -0.15) is 5.26 Å². The number of aryl methyl sites for hydroxylation is 2. The van der Waals surface area contributed by atoms with Crippen LogP contribution < -0.4 is 0 Å². The van der Waals surface area contributed by atoms with E-state index in [0.29, 0.717) is 0 Å². The summed E-state index contributed by atoms with van der Waals surface area (Å²) in [5.41, 5.74) is 2.25. The maximum absolute atomic E-state index is 13.6. The summed E-state index contributed by atoms with van der Waals surface area (Å²) in [7, 11) is 0. The van der Waals surface area contributed by atoms with E-state index in [0.717, 1.165) is 18.4 Å². The van der Waals surface area contributed by atoms with Gasteiger partial charge in [0.25, 0.3) is 0 Å². The maximum Gasteiger partial charge on any atom is 0.141 e. The predicted molar refractivity (Wildman–Crippen MR) is 82.5 cm³/mol. The number of hydrogen-bond acceptors (Lipinski definition) is 1. The van der Waals surface area contributed by atoms with Crippen LogP contribution >= 0.6 is 0 Å². The van der Waals surface area contributed by atoms with Crippen molar-refractivity contribution in [1.82, 2.24) is 0 Å². The van der Waals surface area contributed by atoms with Crippen molar-refractivity contribution in [2.45, 2.75) is 12.8 Å². The summed E-state index contributed by atoms with van der Waals surface area (Å²) >= 11 is 0. The quantitative estimate of drug-likeness (QED) is 0.683. The van der Waals surface area contributed by atoms with Crippen LogP contribution in [0.5, 0.6) is 0 Å². The zero-order valence-electron chi connectivity index (χ0n) is 11.5. The largest absolute Gasteiger partial charge is 0.206 e. The number of fused-ring (bicyclic) bond motifs is 1. The molecule has 21 heavy (non-hydrogen) atoms. The molecule has 102 valence electrons. The molecule has 0 atom stereocenters. The zero-order valence-corrected chi connectivity index (χ0v) is 11.5. The summed E-state index contributed by atoms with van der Waals surface area (Å²) in [4.78, 5) is 0. The van der Waals surface area contributed by atoms with Crippen molar-refractivity contribution in [3.8, 4) is 6.07 Å². The average Bonchev–Trinajstić information content (AvgIpc) is 2.53. The lowest BCUT2D eigenvalue weighted by Crippen LogP contribution is -1.94. The van der Waals surface area contributed by atoms with Crippen molar-refractivity contribution >= 4 is 10.8 Å². The molecule has 3 rings (SSSR count). The molecule has 0 saturated carbocycles. The van der Waals surface area contributed by atoms with Crippen LogP contribution in [0.4, 0.5) is 4.39 Å². The first-order valence-corrected chi connectivity index (χ1v) is 6.92. The third kappa shape index (κ3) is 2.93. The van der Waals surface area contributed by atoms with E-state index in [-0.39, 0.29) is 5.56 Å². The fourth-order valence-corrected chi connectivity index (χ4v) is 2.49. The molecule has 0 heterocycles. The summed E-state index contributed by atoms with van der Waals surface area (Å²) in [5, 5.41) is 11.2. The van der Waals surface area contributed by atoms with Gasteiger partial charge >= 0.3 is 0 Å². The maximum atomic E-state index is 13.6. The molecule has 0 aromatic heterocycles. The summed E-state index contributed by atoms with van der Waals surface area (Å²) < 4.78 is 13.6. The van der Waals surface area contributed by atoms with Gasteiger partial charge in [-0.25, -0.2) is 4.39 Å². The van der Waals surface area contributed by atoms with Crippen LogP contribution in [0.25, 0.3) is 10.8 Å². The Bertz CT molecular complexity index is 830. The Morgan fingerprint density at radius 3 is 2.19 bits per heavy atom. The molecule has 0 bridgehead atoms. The highest BCUT2D eigenvalue weighted by Gasteiger charge is 2.03. The molecular formula is C19H14FN. The highest BCUT2D eigenvalue weighted by Crippen LogP contribution is 2.18. The van der Waals surface area contributed by atoms with Crippen LogP contribution in [0, 0.1) is 17.1 Å². The first-order chi connectivity index (χ1) is 10.3. The molecule has 1 nitrogen and oxygen atoms in total. The summed E-state index contributed by atoms with van der Waals surface area (Å²) in [5.74, 6) is -0.437. The van der Waals surface area contributed by atoms with Gasteiger partial charge in [-0.3, -0.25) is 0 Å². The Morgan fingerprint density at radius 1 is 0.810 bits per heavy atom. The van der Waals surface area contributed by atoms with E-state index in [4.69, 9.17) is 5.26 Å². The van der Waals surface area contributed by atoms with Crippen molar-refractivity contribution in [2.75, 3.05) is 0 Å². The Hall–Kier alpha value is -2.66. The lowest BCUT2D eigenvalue weighted by atomic mass is 10.0. The Balaban J connectivity index is 1.77. The van der Waals surface area contributed by atoms with Crippen molar-refractivity contribution in [2.24, 2.45) is 0 Å². The minimum Gasteiger partial charge on any atom is -0.206 e. The first-order valence-electron chi connectivity index (χ1n) is 6.92. The van der Waals surface area contributed by atoms with Gasteiger partial charge in [0.15, 0.2) is 0 Å². The SMILES string of the molecule is N#Cc1ccc(CCc2ccc3ccccc3c2)cc1F. The molecule has 0 radical (unpaired) electrons. The summed E-state index contributed by atoms with van der Waals surface area (Å²) in [6.45, 7) is 0. The molecule has 0 unspecified atom stereocenters. The van der Waals surface area contributed by atoms with E-state index in [1.807, 2.05) is 24.3 Å². The van der Waals surface area contributed by atoms with Crippen LogP contribution in [0.1, 0.15) is 16.7 Å². The van der Waals surface area contributed by atoms with Gasteiger partial charge in [-0.15, -0.1) is 0 Å². The molecular weight excluding hydrogens is 261 g/mol. The Labute approximate surface area is 123 Å². The fraction of sp³-hybridized carbons (Fsp3) is 0.105. The molecule has 3 aromatic rings. The topological polar surface area (TPSA) is 23.8 Å². The van der Waals surface area contributed by atoms with E-state index in [1.165, 1.54) is 22.4 Å². The van der Waals surface area contributed by atoms with Crippen LogP contribution in [-0.4, -0.2) is 0 Å². The van der Waals surface area contributed by atoms with Crippen LogP contribution in [0.3, 0.4) is 0 Å². The third-order valence-electron chi connectivity index (χ3n) is 3.67. The second-order valence-electron chi connectivity index (χ2n) is 5.11. The zero-order chi connectivity index (χ0) is 14.7. The number of nitrogens with zero attached hydrogens (tertiary/aromatic N) is 1. The molecule has 0 aliphatic carbocycles. The molecule has 0 fully saturated rings. The minimum absolute atomic E-state index is 0.101. The van der Waals surface area contributed by atoms with E-state index in [9.17, 15) is 4.39 Å². The highest BCUT2D eigenvalue weighted by atomic mass is 19.1. The summed E-state index contributed by atoms with van der Waals surface area (Å²) in [6.07, 6.45) is 1.62. The number of nitriles is 1. The molecule has 2 heteroatoms. The summed E-state index contributed by atoms with van der Waals surface area (Å²) in [6, 6.07) is 21.3. The third-order valence-corrected chi connectivity index (χ3v) is 3.67. The lowest BCUT2D eigenvalue weighted by Gasteiger charge is -2.05. The predicted octanol–water partition coefficient (Wildman–Crippen LogP) is 4.64. The van der Waals surface area contributed by atoms with Gasteiger partial charge in [0, 0.05) is 0 Å². The number of benzene rings is 3. The molecule has 0 amide bonds. The number of halogens is 1. The van der Waals surface area contributed by atoms with Crippen LogP contribution in [0.2, 0.25) is 0 Å². The van der Waals surface area contributed by atoms with Gasteiger partial charge in [-0.1, -0.05) is 48.5 Å². The Morgan fingerprint density at radius 2 is 1.48 bits per heavy atom. The van der Waals surface area contributed by atoms with Crippen LogP contribution in [-0.2, 0) is 12.8 Å². The van der Waals surface area contributed by atoms with E-state index < -0.39 is 5.82 Å². The minimum atomic E-state index is -0.437. The van der Waals surface area contributed by atoms with Crippen molar-refractivity contribution in [1.29, 1.82) is 5.26 Å². The van der Waals surface area contributed by atoms with Crippen molar-refractivity contribution in [3.05, 3.63) is 83.2 Å². The molecule has 0 N–H and O–H groups in total. The van der Waals surface area contributed by atoms with Gasteiger partial charge < -0.3 is 0 Å². The van der Waals surface area contributed by atoms with E-state index in [2.05, 4.69) is 30.3 Å². The average molecular weight is 275 g/mol. The smallest absolute Gasteiger partial charge is 0.141 e. The number of rotatable bonds is 3. The highest BCUT2D eigenvalue weighted by molar-refractivity contribution is 5.82. The molecule has 0 aliphatic heterocycles. The van der Waals surface area contributed by atoms with Gasteiger partial charge in [0.2, 0.25) is 0 Å². The first kappa shape index (κ1) is 13.3. The molecule has 3 aromatic carbocycles. The second-order valence-corrected chi connectivity index (χ2v) is 5.11. The lowest BCUT2D eigenvalue weighted by molar-refractivity contribution is 0.621. The molecule has 0 aliphatic rings. The Kier molecular flexibility index (Phi) is 3.66. The molecule has 0 spiro atoms. The van der Waals surface area contributed by atoms with Gasteiger partial charge in [-0.05, 0) is 46.9 Å². The number of hydrogen-bond donors (Lipinski definition) is 0. The van der Waals surface area contributed by atoms with E-state index in [1.54, 1.807) is 6.07 Å². The monoisotopic (exact) mass is 275 g/mol. The van der Waals surface area contributed by atoms with Crippen molar-refractivity contribution < 1.29 is 4.39 Å². The van der Waals surface area contributed by atoms with Gasteiger partial charge in [0.1, 0.15) is 11.9 Å². The van der Waals surface area contributed by atoms with Crippen LogP contribution in [0.15, 0.2) is 60.7 Å². The normalized spacial score (nSPS) is 10.5. The fourth-order valence-electron chi connectivity index (χ4n) is 2.49. The van der Waals surface area contributed by atoms with E-state index >= 15 is 0 Å².